The lowest BCUT2D eigenvalue weighted by molar-refractivity contribution is -0.121. The summed E-state index contributed by atoms with van der Waals surface area (Å²) in [4.78, 5) is 11.9. The Morgan fingerprint density at radius 2 is 1.88 bits per heavy atom. The number of benzene rings is 2. The van der Waals surface area contributed by atoms with Crippen LogP contribution in [0.1, 0.15) is 37.1 Å². The summed E-state index contributed by atoms with van der Waals surface area (Å²) in [6.45, 7) is 1.31. The van der Waals surface area contributed by atoms with E-state index in [1.807, 2.05) is 34.9 Å². The van der Waals surface area contributed by atoms with E-state index in [0.717, 1.165) is 47.2 Å². The van der Waals surface area contributed by atoms with Crippen molar-refractivity contribution in [1.82, 2.24) is 20.1 Å². The van der Waals surface area contributed by atoms with Crippen LogP contribution in [0, 0.1) is 0 Å². The minimum absolute atomic E-state index is 0.0835. The van der Waals surface area contributed by atoms with Gasteiger partial charge in [0.25, 0.3) is 0 Å². The third kappa shape index (κ3) is 8.03. The predicted octanol–water partition coefficient (Wildman–Crippen LogP) is 5.58. The van der Waals surface area contributed by atoms with Gasteiger partial charge in [0.1, 0.15) is 5.82 Å². The average molecular weight is 507 g/mol. The second kappa shape index (κ2) is 13.6. The van der Waals surface area contributed by atoms with Gasteiger partial charge in [0.05, 0.1) is 15.7 Å². The van der Waals surface area contributed by atoms with Crippen LogP contribution in [-0.4, -0.2) is 46.7 Å². The Kier molecular flexibility index (Phi) is 10.5. The zero-order valence-corrected chi connectivity index (χ0v) is 20.9. The molecule has 0 aliphatic carbocycles. The summed E-state index contributed by atoms with van der Waals surface area (Å²) in [7, 11) is 1.66. The molecular formula is C24H28Cl2N4O2S. The first-order valence-corrected chi connectivity index (χ1v) is 12.6. The molecule has 0 saturated heterocycles. The van der Waals surface area contributed by atoms with Gasteiger partial charge in [-0.1, -0.05) is 65.3 Å². The fraction of sp³-hybridized carbons (Fsp3) is 0.375. The van der Waals surface area contributed by atoms with Gasteiger partial charge in [-0.15, -0.1) is 10.2 Å². The second-order valence-corrected chi connectivity index (χ2v) is 9.37. The number of unbranched alkanes of at least 4 members (excludes halogenated alkanes) is 1. The van der Waals surface area contributed by atoms with Crippen LogP contribution < -0.4 is 5.32 Å². The molecule has 176 valence electrons. The van der Waals surface area contributed by atoms with E-state index in [2.05, 4.69) is 27.6 Å². The predicted molar refractivity (Wildman–Crippen MR) is 135 cm³/mol. The fourth-order valence-electron chi connectivity index (χ4n) is 3.25. The van der Waals surface area contributed by atoms with E-state index in [4.69, 9.17) is 27.9 Å². The lowest BCUT2D eigenvalue weighted by atomic mass is 10.1. The highest BCUT2D eigenvalue weighted by Crippen LogP contribution is 2.29. The van der Waals surface area contributed by atoms with Gasteiger partial charge in [-0.05, 0) is 43.0 Å². The van der Waals surface area contributed by atoms with Gasteiger partial charge in [-0.2, -0.15) is 0 Å². The second-order valence-electron chi connectivity index (χ2n) is 7.50. The van der Waals surface area contributed by atoms with Gasteiger partial charge in [0.2, 0.25) is 5.91 Å². The zero-order chi connectivity index (χ0) is 23.5. The summed E-state index contributed by atoms with van der Waals surface area (Å²) < 4.78 is 7.02. The molecule has 0 aliphatic rings. The maximum absolute atomic E-state index is 11.9. The van der Waals surface area contributed by atoms with Crippen molar-refractivity contribution >= 4 is 40.9 Å². The summed E-state index contributed by atoms with van der Waals surface area (Å²) in [5.74, 6) is 1.75. The van der Waals surface area contributed by atoms with E-state index < -0.39 is 0 Å². The number of ether oxygens (including phenoxy) is 1. The third-order valence-corrected chi connectivity index (χ3v) is 6.70. The van der Waals surface area contributed by atoms with Crippen molar-refractivity contribution in [3.63, 3.8) is 0 Å². The number of nitrogens with zero attached hydrogens (tertiary/aromatic N) is 3. The molecule has 3 aromatic rings. The number of nitrogens with one attached hydrogen (secondary N) is 1. The Balaban J connectivity index is 1.61. The Bertz CT molecular complexity index is 1030. The molecule has 0 spiro atoms. The van der Waals surface area contributed by atoms with Crippen LogP contribution in [-0.2, 0) is 16.0 Å². The molecule has 3 rings (SSSR count). The monoisotopic (exact) mass is 506 g/mol. The molecule has 0 saturated carbocycles. The van der Waals surface area contributed by atoms with Crippen LogP contribution >= 0.6 is 35.0 Å². The van der Waals surface area contributed by atoms with Gasteiger partial charge in [0.15, 0.2) is 5.16 Å². The maximum Gasteiger partial charge on any atom is 0.219 e. The summed E-state index contributed by atoms with van der Waals surface area (Å²) >= 11 is 14.0. The van der Waals surface area contributed by atoms with Gasteiger partial charge < -0.3 is 10.1 Å². The number of aromatic nitrogens is 3. The molecule has 9 heteroatoms. The smallest absolute Gasteiger partial charge is 0.219 e. The van der Waals surface area contributed by atoms with E-state index in [1.165, 1.54) is 0 Å². The number of carbonyl (C=O) groups excluding carboxylic acids is 1. The van der Waals surface area contributed by atoms with Gasteiger partial charge in [-0.3, -0.25) is 9.36 Å². The number of amides is 1. The number of methoxy groups -OCH3 is 1. The molecule has 0 bridgehead atoms. The molecule has 1 amide bonds. The molecule has 6 nitrogen and oxygen atoms in total. The molecule has 1 heterocycles. The van der Waals surface area contributed by atoms with Crippen molar-refractivity contribution in [2.45, 2.75) is 37.3 Å². The largest absolute Gasteiger partial charge is 0.385 e. The Morgan fingerprint density at radius 1 is 1.06 bits per heavy atom. The van der Waals surface area contributed by atoms with Crippen molar-refractivity contribution in [2.75, 3.05) is 26.0 Å². The summed E-state index contributed by atoms with van der Waals surface area (Å²) in [6, 6.07) is 15.7. The number of halogens is 2. The zero-order valence-electron chi connectivity index (χ0n) is 18.6. The lowest BCUT2D eigenvalue weighted by Gasteiger charge is -2.11. The van der Waals surface area contributed by atoms with E-state index in [-0.39, 0.29) is 5.91 Å². The molecule has 1 aromatic heterocycles. The first-order chi connectivity index (χ1) is 16.1. The standard InChI is InChI=1S/C24H28Cl2N4O2S/c1-32-14-7-13-27-23(31)10-5-6-15-33-24-29-28-22(16-18-8-3-2-4-9-18)30(24)19-11-12-20(25)21(26)17-19/h2-4,8-9,11-12,17H,5-7,10,13-16H2,1H3,(H,27,31). The molecule has 33 heavy (non-hydrogen) atoms. The first kappa shape index (κ1) is 25.6. The van der Waals surface area contributed by atoms with Crippen molar-refractivity contribution in [3.8, 4) is 5.69 Å². The van der Waals surface area contributed by atoms with Crippen LogP contribution in [0.3, 0.4) is 0 Å². The molecule has 0 radical (unpaired) electrons. The summed E-state index contributed by atoms with van der Waals surface area (Å²) in [5, 5.41) is 13.6. The van der Waals surface area contributed by atoms with Gasteiger partial charge in [0, 0.05) is 38.9 Å². The highest BCUT2D eigenvalue weighted by atomic mass is 35.5. The molecular weight excluding hydrogens is 479 g/mol. The average Bonchev–Trinajstić information content (AvgIpc) is 3.21. The Morgan fingerprint density at radius 3 is 2.64 bits per heavy atom. The fourth-order valence-corrected chi connectivity index (χ4v) is 4.52. The molecule has 0 aliphatic heterocycles. The number of carbonyl (C=O) groups is 1. The van der Waals surface area contributed by atoms with E-state index in [0.29, 0.717) is 36.0 Å². The van der Waals surface area contributed by atoms with Crippen LogP contribution in [0.25, 0.3) is 5.69 Å². The van der Waals surface area contributed by atoms with Crippen molar-refractivity contribution in [2.24, 2.45) is 0 Å². The van der Waals surface area contributed by atoms with Crippen molar-refractivity contribution in [3.05, 3.63) is 70.0 Å². The molecule has 2 aromatic carbocycles. The van der Waals surface area contributed by atoms with Crippen molar-refractivity contribution in [1.29, 1.82) is 0 Å². The van der Waals surface area contributed by atoms with Crippen LogP contribution in [0.15, 0.2) is 53.7 Å². The first-order valence-electron chi connectivity index (χ1n) is 10.9. The van der Waals surface area contributed by atoms with Gasteiger partial charge >= 0.3 is 0 Å². The van der Waals surface area contributed by atoms with E-state index in [9.17, 15) is 4.79 Å². The maximum atomic E-state index is 11.9. The Labute approximate surface area is 209 Å². The third-order valence-electron chi connectivity index (χ3n) is 4.94. The molecule has 0 fully saturated rings. The number of rotatable bonds is 13. The van der Waals surface area contributed by atoms with E-state index >= 15 is 0 Å². The van der Waals surface area contributed by atoms with Crippen LogP contribution in [0.5, 0.6) is 0 Å². The lowest BCUT2D eigenvalue weighted by Crippen LogP contribution is -2.24. The van der Waals surface area contributed by atoms with Crippen molar-refractivity contribution < 1.29 is 9.53 Å². The van der Waals surface area contributed by atoms with Crippen LogP contribution in [0.2, 0.25) is 10.0 Å². The van der Waals surface area contributed by atoms with Gasteiger partial charge in [-0.25, -0.2) is 0 Å². The SMILES string of the molecule is COCCCNC(=O)CCCCSc1nnc(Cc2ccccc2)n1-c1ccc(Cl)c(Cl)c1. The molecule has 1 N–H and O–H groups in total. The quantitative estimate of drug-likeness (QED) is 0.242. The summed E-state index contributed by atoms with van der Waals surface area (Å²) in [5.41, 5.74) is 2.03. The molecule has 0 atom stereocenters. The number of hydrogen-bond donors (Lipinski definition) is 1. The number of hydrogen-bond acceptors (Lipinski definition) is 5. The van der Waals surface area contributed by atoms with E-state index in [1.54, 1.807) is 24.9 Å². The highest BCUT2D eigenvalue weighted by molar-refractivity contribution is 7.99. The molecule has 0 unspecified atom stereocenters. The minimum atomic E-state index is 0.0835. The minimum Gasteiger partial charge on any atom is -0.385 e. The Hall–Kier alpha value is -2.06. The normalized spacial score (nSPS) is 11.0. The highest BCUT2D eigenvalue weighted by Gasteiger charge is 2.16. The number of thioether (sulfide) groups is 1. The topological polar surface area (TPSA) is 69.0 Å². The van der Waals surface area contributed by atoms with Crippen LogP contribution in [0.4, 0.5) is 0 Å². The summed E-state index contributed by atoms with van der Waals surface area (Å²) in [6.07, 6.45) is 3.72.